The zero-order chi connectivity index (χ0) is 30.3. The molecule has 226 valence electrons. The summed E-state index contributed by atoms with van der Waals surface area (Å²) in [5.41, 5.74) is 1.52. The van der Waals surface area contributed by atoms with E-state index in [9.17, 15) is 19.5 Å². The Morgan fingerprint density at radius 3 is 2.60 bits per heavy atom. The molecule has 0 radical (unpaired) electrons. The van der Waals surface area contributed by atoms with Crippen LogP contribution in [0.5, 0.6) is 0 Å². The highest BCUT2D eigenvalue weighted by Crippen LogP contribution is 2.69. The van der Waals surface area contributed by atoms with E-state index in [1.807, 2.05) is 38.1 Å². The van der Waals surface area contributed by atoms with Gasteiger partial charge in [-0.15, -0.1) is 30.0 Å². The van der Waals surface area contributed by atoms with Gasteiger partial charge in [0.25, 0.3) is 0 Å². The lowest BCUT2D eigenvalue weighted by molar-refractivity contribution is -0.147. The molecule has 1 aromatic carbocycles. The van der Waals surface area contributed by atoms with Gasteiger partial charge in [-0.1, -0.05) is 50.3 Å². The molecule has 3 fully saturated rings. The molecule has 3 unspecified atom stereocenters. The molecule has 1 N–H and O–H groups in total. The third-order valence-electron chi connectivity index (χ3n) is 9.22. The lowest BCUT2D eigenvalue weighted by atomic mass is 9.65. The lowest BCUT2D eigenvalue weighted by Gasteiger charge is -2.42. The van der Waals surface area contributed by atoms with E-state index in [1.54, 1.807) is 50.3 Å². The van der Waals surface area contributed by atoms with Gasteiger partial charge in [0.2, 0.25) is 17.7 Å². The number of nitrogens with zero attached hydrogens (tertiary/aromatic N) is 6. The average molecular weight is 595 g/mol. The summed E-state index contributed by atoms with van der Waals surface area (Å²) in [4.78, 5) is 48.2. The van der Waals surface area contributed by atoms with Crippen molar-refractivity contribution in [2.45, 2.75) is 62.4 Å². The predicted molar refractivity (Wildman–Crippen MR) is 163 cm³/mol. The standard InChI is InChI=1S/C31H42N6O4S/c1-7-13-34(6)28(39)25-24-16-20(5)31(42-24)26(25)29(40)37(21(17-38)15-19(3)4)27(31)30(41)35(14-8-2)18-36-23-12-10-9-11-22(23)32-33-36/h7-12,19-21,24-27,38H,1-2,13-18H2,3-6H3/t20?,21-,24-,25+,26+,27?,31?/m1/s1. The number of carbonyl (C=O) groups is 3. The molecule has 1 aromatic heterocycles. The number of carbonyl (C=O) groups excluding carboxylic acids is 3. The first-order chi connectivity index (χ1) is 20.1. The van der Waals surface area contributed by atoms with Crippen molar-refractivity contribution in [3.63, 3.8) is 0 Å². The van der Waals surface area contributed by atoms with Gasteiger partial charge in [0.15, 0.2) is 0 Å². The van der Waals surface area contributed by atoms with Gasteiger partial charge in [-0.05, 0) is 36.8 Å². The second-order valence-electron chi connectivity index (χ2n) is 12.3. The molecule has 3 aliphatic rings. The Labute approximate surface area is 251 Å². The average Bonchev–Trinajstić information content (AvgIpc) is 3.68. The maximum absolute atomic E-state index is 14.9. The van der Waals surface area contributed by atoms with Crippen molar-refractivity contribution in [3.8, 4) is 0 Å². The number of benzene rings is 1. The summed E-state index contributed by atoms with van der Waals surface area (Å²) in [6.07, 6.45) is 4.64. The van der Waals surface area contributed by atoms with Gasteiger partial charge >= 0.3 is 0 Å². The quantitative estimate of drug-likeness (QED) is 0.376. The summed E-state index contributed by atoms with van der Waals surface area (Å²) >= 11 is 1.64. The maximum atomic E-state index is 14.9. The molecule has 1 spiro atoms. The third-order valence-corrected chi connectivity index (χ3v) is 11.3. The minimum absolute atomic E-state index is 0.0188. The number of aromatic nitrogens is 3. The topological polar surface area (TPSA) is 112 Å². The van der Waals surface area contributed by atoms with E-state index < -0.39 is 28.7 Å². The number of likely N-dealkylation sites (N-methyl/N-ethyl adjacent to an activating group) is 1. The normalized spacial score (nSPS) is 28.8. The molecule has 2 bridgehead atoms. The van der Waals surface area contributed by atoms with Crippen molar-refractivity contribution in [3.05, 3.63) is 49.6 Å². The van der Waals surface area contributed by atoms with E-state index in [-0.39, 0.29) is 54.6 Å². The van der Waals surface area contributed by atoms with Crippen LogP contribution in [0.25, 0.3) is 11.0 Å². The van der Waals surface area contributed by atoms with E-state index in [0.717, 1.165) is 17.5 Å². The Hall–Kier alpha value is -3.18. The van der Waals surface area contributed by atoms with Gasteiger partial charge < -0.3 is 19.8 Å². The lowest BCUT2D eigenvalue weighted by Crippen LogP contribution is -2.59. The number of aliphatic hydroxyl groups excluding tert-OH is 1. The summed E-state index contributed by atoms with van der Waals surface area (Å²) in [5.74, 6) is -1.49. The highest BCUT2D eigenvalue weighted by atomic mass is 32.2. The Balaban J connectivity index is 1.59. The SMILES string of the molecule is C=CCN(C)C(=O)[C@@H]1[C@H]2C(=O)N([C@@H](CO)CC(C)C)C(C(=O)N(CC=C)Cn3nnc4ccccc43)C23S[C@@H]1CC3C. The zero-order valence-electron chi connectivity index (χ0n) is 24.9. The van der Waals surface area contributed by atoms with Crippen LogP contribution < -0.4 is 0 Å². The van der Waals surface area contributed by atoms with Gasteiger partial charge in [0.05, 0.1) is 34.7 Å². The summed E-state index contributed by atoms with van der Waals surface area (Å²) in [7, 11) is 1.74. The second kappa shape index (κ2) is 11.8. The van der Waals surface area contributed by atoms with Crippen LogP contribution in [0.15, 0.2) is 49.6 Å². The van der Waals surface area contributed by atoms with Crippen LogP contribution in [0.2, 0.25) is 0 Å². The molecule has 3 aliphatic heterocycles. The Morgan fingerprint density at radius 1 is 1.21 bits per heavy atom. The third kappa shape index (κ3) is 4.74. The van der Waals surface area contributed by atoms with Gasteiger partial charge in [0.1, 0.15) is 18.2 Å². The van der Waals surface area contributed by atoms with Gasteiger partial charge in [-0.3, -0.25) is 14.4 Å². The molecule has 3 saturated heterocycles. The predicted octanol–water partition coefficient (Wildman–Crippen LogP) is 2.79. The van der Waals surface area contributed by atoms with Crippen LogP contribution >= 0.6 is 11.8 Å². The van der Waals surface area contributed by atoms with E-state index in [2.05, 4.69) is 30.4 Å². The molecule has 2 aromatic rings. The Bertz CT molecular complexity index is 1380. The molecule has 0 saturated carbocycles. The van der Waals surface area contributed by atoms with Crippen LogP contribution in [-0.2, 0) is 21.1 Å². The number of amides is 3. The van der Waals surface area contributed by atoms with Crippen molar-refractivity contribution < 1.29 is 19.5 Å². The number of rotatable bonds is 12. The monoisotopic (exact) mass is 594 g/mol. The summed E-state index contributed by atoms with van der Waals surface area (Å²) in [6.45, 7) is 14.4. The van der Waals surface area contributed by atoms with E-state index in [4.69, 9.17) is 0 Å². The highest BCUT2D eigenvalue weighted by Gasteiger charge is 2.77. The van der Waals surface area contributed by atoms with Crippen molar-refractivity contribution in [1.82, 2.24) is 29.7 Å². The number of para-hydroxylation sites is 1. The zero-order valence-corrected chi connectivity index (χ0v) is 25.7. The molecular formula is C31H42N6O4S. The van der Waals surface area contributed by atoms with Gasteiger partial charge in [-0.25, -0.2) is 4.68 Å². The highest BCUT2D eigenvalue weighted by molar-refractivity contribution is 8.02. The minimum Gasteiger partial charge on any atom is -0.394 e. The summed E-state index contributed by atoms with van der Waals surface area (Å²) in [6, 6.07) is 6.18. The first kappa shape index (κ1) is 30.3. The van der Waals surface area contributed by atoms with Crippen molar-refractivity contribution in [1.29, 1.82) is 0 Å². The molecule has 3 amide bonds. The Kier molecular flexibility index (Phi) is 8.53. The maximum Gasteiger partial charge on any atom is 0.248 e. The molecule has 10 nitrogen and oxygen atoms in total. The summed E-state index contributed by atoms with van der Waals surface area (Å²) < 4.78 is 0.895. The number of fused-ring (bicyclic) bond motifs is 2. The van der Waals surface area contributed by atoms with E-state index >= 15 is 0 Å². The van der Waals surface area contributed by atoms with E-state index in [1.165, 1.54) is 0 Å². The van der Waals surface area contributed by atoms with Gasteiger partial charge in [0, 0.05) is 25.4 Å². The van der Waals surface area contributed by atoms with Gasteiger partial charge in [-0.2, -0.15) is 0 Å². The van der Waals surface area contributed by atoms with Crippen LogP contribution in [0.1, 0.15) is 33.6 Å². The number of hydrogen-bond acceptors (Lipinski definition) is 7. The molecular weight excluding hydrogens is 552 g/mol. The van der Waals surface area contributed by atoms with Crippen molar-refractivity contribution in [2.75, 3.05) is 26.7 Å². The van der Waals surface area contributed by atoms with Crippen LogP contribution in [0, 0.1) is 23.7 Å². The smallest absolute Gasteiger partial charge is 0.248 e. The molecule has 5 rings (SSSR count). The fourth-order valence-electron chi connectivity index (χ4n) is 7.50. The fraction of sp³-hybridized carbons (Fsp3) is 0.581. The fourth-order valence-corrected chi connectivity index (χ4v) is 9.90. The first-order valence-corrected chi connectivity index (χ1v) is 15.6. The molecule has 11 heteroatoms. The van der Waals surface area contributed by atoms with Crippen molar-refractivity contribution >= 4 is 40.5 Å². The molecule has 7 atom stereocenters. The number of aliphatic hydroxyl groups is 1. The first-order valence-electron chi connectivity index (χ1n) is 14.7. The van der Waals surface area contributed by atoms with E-state index in [0.29, 0.717) is 13.0 Å². The molecule has 42 heavy (non-hydrogen) atoms. The van der Waals surface area contributed by atoms with Crippen LogP contribution in [0.4, 0.5) is 0 Å². The second-order valence-corrected chi connectivity index (χ2v) is 13.9. The minimum atomic E-state index is -0.840. The number of likely N-dealkylation sites (tertiary alicyclic amines) is 1. The van der Waals surface area contributed by atoms with Crippen LogP contribution in [0.3, 0.4) is 0 Å². The summed E-state index contributed by atoms with van der Waals surface area (Å²) in [5, 5.41) is 19.1. The molecule has 4 heterocycles. The molecule has 0 aliphatic carbocycles. The number of hydrogen-bond donors (Lipinski definition) is 1. The number of thioether (sulfide) groups is 1. The van der Waals surface area contributed by atoms with Crippen molar-refractivity contribution in [2.24, 2.45) is 23.7 Å². The largest absolute Gasteiger partial charge is 0.394 e. The van der Waals surface area contributed by atoms with Crippen LogP contribution in [-0.4, -0.2) is 101 Å². The Morgan fingerprint density at radius 2 is 1.93 bits per heavy atom.